The van der Waals surface area contributed by atoms with Gasteiger partial charge in [0.25, 0.3) is 0 Å². The number of nitrogens with zero attached hydrogens (tertiary/aromatic N) is 1. The molecule has 118 valence electrons. The molecule has 1 atom stereocenters. The second-order valence-electron chi connectivity index (χ2n) is 6.15. The van der Waals surface area contributed by atoms with Crippen LogP contribution in [0.1, 0.15) is 38.4 Å². The van der Waals surface area contributed by atoms with Gasteiger partial charge < -0.3 is 10.0 Å². The molecular formula is C16H23Cl2NOS. The van der Waals surface area contributed by atoms with E-state index in [0.717, 1.165) is 31.0 Å². The summed E-state index contributed by atoms with van der Waals surface area (Å²) in [6.07, 6.45) is 1.32. The van der Waals surface area contributed by atoms with Crippen LogP contribution in [-0.2, 0) is 0 Å². The number of halogens is 2. The molecule has 1 heterocycles. The van der Waals surface area contributed by atoms with Gasteiger partial charge in [-0.1, -0.05) is 49.2 Å². The Labute approximate surface area is 141 Å². The molecule has 1 aliphatic heterocycles. The highest BCUT2D eigenvalue weighted by atomic mass is 35.5. The fourth-order valence-corrected chi connectivity index (χ4v) is 4.10. The summed E-state index contributed by atoms with van der Waals surface area (Å²) in [7, 11) is 0. The van der Waals surface area contributed by atoms with Crippen molar-refractivity contribution in [2.45, 2.75) is 37.5 Å². The van der Waals surface area contributed by atoms with Gasteiger partial charge in [0.1, 0.15) is 0 Å². The first kappa shape index (κ1) is 17.4. The van der Waals surface area contributed by atoms with Crippen molar-refractivity contribution in [1.82, 2.24) is 4.90 Å². The normalized spacial score (nSPS) is 21.0. The van der Waals surface area contributed by atoms with E-state index in [1.54, 1.807) is 6.07 Å². The summed E-state index contributed by atoms with van der Waals surface area (Å²) in [5, 5.41) is 11.3. The Morgan fingerprint density at radius 2 is 2.10 bits per heavy atom. The number of hydrogen-bond donors (Lipinski definition) is 1. The Hall–Kier alpha value is 0.0700. The first-order chi connectivity index (χ1) is 9.89. The van der Waals surface area contributed by atoms with Crippen molar-refractivity contribution in [2.75, 3.05) is 25.4 Å². The van der Waals surface area contributed by atoms with E-state index in [1.165, 1.54) is 6.42 Å². The third-order valence-electron chi connectivity index (χ3n) is 3.99. The van der Waals surface area contributed by atoms with E-state index in [9.17, 15) is 5.11 Å². The largest absolute Gasteiger partial charge is 0.388 e. The molecule has 1 fully saturated rings. The molecule has 0 amide bonds. The van der Waals surface area contributed by atoms with E-state index in [0.29, 0.717) is 21.2 Å². The van der Waals surface area contributed by atoms with Crippen molar-refractivity contribution in [3.8, 4) is 0 Å². The Morgan fingerprint density at radius 3 is 2.86 bits per heavy atom. The molecular weight excluding hydrogens is 325 g/mol. The Bertz CT molecular complexity index is 481. The summed E-state index contributed by atoms with van der Waals surface area (Å²) < 4.78 is 0.365. The number of benzene rings is 1. The van der Waals surface area contributed by atoms with Crippen LogP contribution in [-0.4, -0.2) is 40.1 Å². The molecule has 1 aromatic carbocycles. The number of rotatable bonds is 4. The number of thioether (sulfide) groups is 1. The summed E-state index contributed by atoms with van der Waals surface area (Å²) in [5.74, 6) is 1.15. The van der Waals surface area contributed by atoms with Crippen LogP contribution in [0.2, 0.25) is 10.0 Å². The molecule has 1 unspecified atom stereocenters. The molecule has 2 nitrogen and oxygen atoms in total. The zero-order valence-corrected chi connectivity index (χ0v) is 14.9. The molecule has 1 aromatic rings. The summed E-state index contributed by atoms with van der Waals surface area (Å²) in [6, 6.07) is 5.42. The fraction of sp³-hybridized carbons (Fsp3) is 0.625. The molecule has 0 radical (unpaired) electrons. The quantitative estimate of drug-likeness (QED) is 0.858. The van der Waals surface area contributed by atoms with E-state index in [1.807, 2.05) is 23.9 Å². The molecule has 0 aromatic heterocycles. The molecule has 2 rings (SSSR count). The lowest BCUT2D eigenvalue weighted by Crippen LogP contribution is -2.29. The van der Waals surface area contributed by atoms with Crippen molar-refractivity contribution in [2.24, 2.45) is 0 Å². The van der Waals surface area contributed by atoms with E-state index in [-0.39, 0.29) is 0 Å². The van der Waals surface area contributed by atoms with Crippen LogP contribution in [0.25, 0.3) is 0 Å². The van der Waals surface area contributed by atoms with Crippen molar-refractivity contribution in [3.05, 3.63) is 33.8 Å². The van der Waals surface area contributed by atoms with Gasteiger partial charge in [0.2, 0.25) is 0 Å². The smallest absolute Gasteiger partial charge is 0.0817 e. The first-order valence-corrected chi connectivity index (χ1v) is 9.11. The van der Waals surface area contributed by atoms with Gasteiger partial charge in [-0.25, -0.2) is 0 Å². The standard InChI is InChI=1S/C16H23Cl2NOS/c1-16(2)7-9-19(10-11-21-16)8-6-14(20)12-4-3-5-13(17)15(12)18/h3-5,14,20H,6-11H2,1-2H3. The van der Waals surface area contributed by atoms with Gasteiger partial charge in [-0.2, -0.15) is 11.8 Å². The van der Waals surface area contributed by atoms with Gasteiger partial charge in [0, 0.05) is 29.2 Å². The zero-order chi connectivity index (χ0) is 15.5. The van der Waals surface area contributed by atoms with Gasteiger partial charge in [0.05, 0.1) is 16.1 Å². The third kappa shape index (κ3) is 5.04. The van der Waals surface area contributed by atoms with Gasteiger partial charge in [-0.15, -0.1) is 0 Å². The fourth-order valence-electron chi connectivity index (χ4n) is 2.52. The average Bonchev–Trinajstić information content (AvgIpc) is 2.60. The third-order valence-corrected chi connectivity index (χ3v) is 6.20. The molecule has 0 aliphatic carbocycles. The van der Waals surface area contributed by atoms with Gasteiger partial charge in [-0.3, -0.25) is 0 Å². The van der Waals surface area contributed by atoms with Crippen molar-refractivity contribution in [1.29, 1.82) is 0 Å². The number of aliphatic hydroxyl groups is 1. The van der Waals surface area contributed by atoms with Crippen LogP contribution >= 0.6 is 35.0 Å². The summed E-state index contributed by atoms with van der Waals surface area (Å²) in [5.41, 5.74) is 0.730. The highest BCUT2D eigenvalue weighted by Gasteiger charge is 2.24. The lowest BCUT2D eigenvalue weighted by atomic mass is 10.1. The minimum absolute atomic E-state index is 0.365. The topological polar surface area (TPSA) is 23.5 Å². The van der Waals surface area contributed by atoms with E-state index in [4.69, 9.17) is 23.2 Å². The molecule has 1 saturated heterocycles. The Morgan fingerprint density at radius 1 is 1.33 bits per heavy atom. The SMILES string of the molecule is CC1(C)CCN(CCC(O)c2cccc(Cl)c2Cl)CCS1. The van der Waals surface area contributed by atoms with Crippen molar-refractivity contribution >= 4 is 35.0 Å². The Balaban J connectivity index is 1.89. The second-order valence-corrected chi connectivity index (χ2v) is 8.73. The lowest BCUT2D eigenvalue weighted by Gasteiger charge is -2.23. The van der Waals surface area contributed by atoms with Gasteiger partial charge >= 0.3 is 0 Å². The molecule has 0 spiro atoms. The van der Waals surface area contributed by atoms with Crippen LogP contribution in [0, 0.1) is 0 Å². The number of aliphatic hydroxyl groups excluding tert-OH is 1. The minimum atomic E-state index is -0.555. The predicted molar refractivity (Wildman–Crippen MR) is 93.6 cm³/mol. The maximum Gasteiger partial charge on any atom is 0.0817 e. The lowest BCUT2D eigenvalue weighted by molar-refractivity contribution is 0.143. The van der Waals surface area contributed by atoms with Crippen LogP contribution in [0.15, 0.2) is 18.2 Å². The molecule has 21 heavy (non-hydrogen) atoms. The van der Waals surface area contributed by atoms with Crippen LogP contribution in [0.4, 0.5) is 0 Å². The van der Waals surface area contributed by atoms with Gasteiger partial charge in [0.15, 0.2) is 0 Å². The summed E-state index contributed by atoms with van der Waals surface area (Å²) in [4.78, 5) is 2.43. The monoisotopic (exact) mass is 347 g/mol. The highest BCUT2D eigenvalue weighted by molar-refractivity contribution is 8.00. The van der Waals surface area contributed by atoms with Crippen molar-refractivity contribution in [3.63, 3.8) is 0 Å². The minimum Gasteiger partial charge on any atom is -0.388 e. The van der Waals surface area contributed by atoms with Crippen LogP contribution in [0.5, 0.6) is 0 Å². The van der Waals surface area contributed by atoms with Crippen LogP contribution < -0.4 is 0 Å². The van der Waals surface area contributed by atoms with Crippen LogP contribution in [0.3, 0.4) is 0 Å². The summed E-state index contributed by atoms with van der Waals surface area (Å²) in [6.45, 7) is 7.68. The molecule has 1 N–H and O–H groups in total. The second kappa shape index (κ2) is 7.56. The molecule has 1 aliphatic rings. The predicted octanol–water partition coefficient (Wildman–Crippen LogP) is 4.63. The maximum absolute atomic E-state index is 10.4. The number of hydrogen-bond acceptors (Lipinski definition) is 3. The van der Waals surface area contributed by atoms with E-state index in [2.05, 4.69) is 18.7 Å². The zero-order valence-electron chi connectivity index (χ0n) is 12.6. The Kier molecular flexibility index (Phi) is 6.27. The first-order valence-electron chi connectivity index (χ1n) is 7.37. The molecule has 5 heteroatoms. The summed E-state index contributed by atoms with van der Waals surface area (Å²) >= 11 is 14.2. The molecule has 0 bridgehead atoms. The maximum atomic E-state index is 10.4. The highest BCUT2D eigenvalue weighted by Crippen LogP contribution is 2.33. The van der Waals surface area contributed by atoms with Gasteiger partial charge in [-0.05, 0) is 25.5 Å². The van der Waals surface area contributed by atoms with E-state index < -0.39 is 6.10 Å². The van der Waals surface area contributed by atoms with Crippen molar-refractivity contribution < 1.29 is 5.11 Å². The molecule has 0 saturated carbocycles. The average molecular weight is 348 g/mol. The van der Waals surface area contributed by atoms with E-state index >= 15 is 0 Å².